The zero-order chi connectivity index (χ0) is 17.2. The summed E-state index contributed by atoms with van der Waals surface area (Å²) >= 11 is 0. The van der Waals surface area contributed by atoms with Gasteiger partial charge in [-0.2, -0.15) is 0 Å². The highest BCUT2D eigenvalue weighted by atomic mass is 16.5. The van der Waals surface area contributed by atoms with Crippen LogP contribution >= 0.6 is 0 Å². The number of nitrogens with one attached hydrogen (secondary N) is 1. The minimum Gasteiger partial charge on any atom is -0.497 e. The van der Waals surface area contributed by atoms with E-state index in [0.717, 1.165) is 44.3 Å². The van der Waals surface area contributed by atoms with Crippen LogP contribution in [0.4, 0.5) is 0 Å². The molecule has 2 aliphatic rings. The number of carbonyl (C=O) groups is 1. The highest BCUT2D eigenvalue weighted by Crippen LogP contribution is 2.39. The number of methoxy groups -OCH3 is 1. The maximum absolute atomic E-state index is 12.6. The van der Waals surface area contributed by atoms with Gasteiger partial charge in [-0.15, -0.1) is 0 Å². The quantitative estimate of drug-likeness (QED) is 0.871. The van der Waals surface area contributed by atoms with Crippen molar-refractivity contribution in [3.63, 3.8) is 0 Å². The van der Waals surface area contributed by atoms with Gasteiger partial charge in [0.15, 0.2) is 0 Å². The molecule has 1 aromatic rings. The molecule has 1 aromatic carbocycles. The summed E-state index contributed by atoms with van der Waals surface area (Å²) in [6.07, 6.45) is 6.83. The van der Waals surface area contributed by atoms with Gasteiger partial charge in [0.05, 0.1) is 13.7 Å². The summed E-state index contributed by atoms with van der Waals surface area (Å²) in [7, 11) is 1.69. The maximum atomic E-state index is 12.6. The minimum absolute atomic E-state index is 0.105. The fourth-order valence-corrected chi connectivity index (χ4v) is 4.38. The van der Waals surface area contributed by atoms with E-state index in [-0.39, 0.29) is 24.0 Å². The molecule has 2 N–H and O–H groups in total. The number of amides is 1. The third-order valence-corrected chi connectivity index (χ3v) is 6.00. The topological polar surface area (TPSA) is 58.6 Å². The summed E-state index contributed by atoms with van der Waals surface area (Å²) in [6.45, 7) is 2.22. The van der Waals surface area contributed by atoms with Crippen molar-refractivity contribution in [3.05, 3.63) is 29.3 Å². The van der Waals surface area contributed by atoms with Crippen LogP contribution in [0.1, 0.15) is 62.5 Å². The Bertz CT molecular complexity index is 601. The van der Waals surface area contributed by atoms with Gasteiger partial charge < -0.3 is 15.2 Å². The summed E-state index contributed by atoms with van der Waals surface area (Å²) in [5, 5.41) is 12.8. The molecule has 4 heteroatoms. The Morgan fingerprint density at radius 3 is 2.96 bits per heavy atom. The number of carbonyl (C=O) groups excluding carboxylic acids is 1. The predicted molar refractivity (Wildman–Crippen MR) is 94.3 cm³/mol. The van der Waals surface area contributed by atoms with E-state index in [4.69, 9.17) is 4.74 Å². The van der Waals surface area contributed by atoms with Crippen molar-refractivity contribution in [1.82, 2.24) is 5.32 Å². The lowest BCUT2D eigenvalue weighted by atomic mass is 9.80. The SMILES string of the molecule is COc1ccc2c(c1)CCCC2CC(=O)NC1CCCC1(C)CO. The molecule has 4 nitrogen and oxygen atoms in total. The first-order valence-electron chi connectivity index (χ1n) is 9.13. The Morgan fingerprint density at radius 1 is 1.38 bits per heavy atom. The van der Waals surface area contributed by atoms with Gasteiger partial charge in [-0.1, -0.05) is 19.4 Å². The third kappa shape index (κ3) is 3.44. The first-order valence-corrected chi connectivity index (χ1v) is 9.13. The molecule has 1 saturated carbocycles. The van der Waals surface area contributed by atoms with E-state index in [9.17, 15) is 9.90 Å². The van der Waals surface area contributed by atoms with Crippen LogP contribution in [0.15, 0.2) is 18.2 Å². The van der Waals surface area contributed by atoms with E-state index in [0.29, 0.717) is 12.3 Å². The second-order valence-electron chi connectivity index (χ2n) is 7.68. The van der Waals surface area contributed by atoms with E-state index in [2.05, 4.69) is 24.4 Å². The Morgan fingerprint density at radius 2 is 2.21 bits per heavy atom. The molecule has 1 fully saturated rings. The first kappa shape index (κ1) is 17.3. The maximum Gasteiger partial charge on any atom is 0.220 e. The number of hydrogen-bond acceptors (Lipinski definition) is 3. The molecule has 3 atom stereocenters. The van der Waals surface area contributed by atoms with Crippen molar-refractivity contribution in [1.29, 1.82) is 0 Å². The van der Waals surface area contributed by atoms with Crippen LogP contribution in [-0.4, -0.2) is 30.8 Å². The van der Waals surface area contributed by atoms with Gasteiger partial charge in [0.25, 0.3) is 0 Å². The number of hydrogen-bond donors (Lipinski definition) is 2. The fraction of sp³-hybridized carbons (Fsp3) is 0.650. The molecule has 3 unspecified atom stereocenters. The van der Waals surface area contributed by atoms with Crippen LogP contribution in [0.25, 0.3) is 0 Å². The molecule has 2 aliphatic carbocycles. The van der Waals surface area contributed by atoms with Crippen molar-refractivity contribution >= 4 is 5.91 Å². The highest BCUT2D eigenvalue weighted by Gasteiger charge is 2.39. The molecule has 1 amide bonds. The van der Waals surface area contributed by atoms with Crippen molar-refractivity contribution in [2.75, 3.05) is 13.7 Å². The van der Waals surface area contributed by atoms with Gasteiger partial charge >= 0.3 is 0 Å². The number of fused-ring (bicyclic) bond motifs is 1. The van der Waals surface area contributed by atoms with E-state index in [1.54, 1.807) is 7.11 Å². The lowest BCUT2D eigenvalue weighted by molar-refractivity contribution is -0.123. The molecule has 0 saturated heterocycles. The van der Waals surface area contributed by atoms with Crippen LogP contribution in [0.3, 0.4) is 0 Å². The standard InChI is InChI=1S/C20H29NO3/c1-20(13-22)10-4-7-18(20)21-19(23)12-15-6-3-5-14-11-16(24-2)8-9-17(14)15/h8-9,11,15,18,22H,3-7,10,12-13H2,1-2H3,(H,21,23). The average molecular weight is 331 g/mol. The molecule has 0 aliphatic heterocycles. The summed E-state index contributed by atoms with van der Waals surface area (Å²) in [4.78, 5) is 12.6. The van der Waals surface area contributed by atoms with E-state index < -0.39 is 0 Å². The van der Waals surface area contributed by atoms with Gasteiger partial charge in [-0.05, 0) is 61.3 Å². The van der Waals surface area contributed by atoms with Crippen LogP contribution in [0.5, 0.6) is 5.75 Å². The number of aryl methyl sites for hydroxylation is 1. The van der Waals surface area contributed by atoms with Gasteiger partial charge in [-0.25, -0.2) is 0 Å². The highest BCUT2D eigenvalue weighted by molar-refractivity contribution is 5.77. The summed E-state index contributed by atoms with van der Waals surface area (Å²) in [6, 6.07) is 6.33. The molecule has 0 bridgehead atoms. The molecule has 0 heterocycles. The van der Waals surface area contributed by atoms with Crippen molar-refractivity contribution in [3.8, 4) is 5.75 Å². The molecular formula is C20H29NO3. The van der Waals surface area contributed by atoms with Crippen molar-refractivity contribution in [2.24, 2.45) is 5.41 Å². The molecule has 24 heavy (non-hydrogen) atoms. The van der Waals surface area contributed by atoms with Crippen LogP contribution in [-0.2, 0) is 11.2 Å². The Kier molecular flexibility index (Phi) is 5.14. The molecule has 0 aromatic heterocycles. The minimum atomic E-state index is -0.159. The van der Waals surface area contributed by atoms with Crippen LogP contribution < -0.4 is 10.1 Å². The van der Waals surface area contributed by atoms with E-state index in [1.165, 1.54) is 11.1 Å². The van der Waals surface area contributed by atoms with Gasteiger partial charge in [0.1, 0.15) is 5.75 Å². The predicted octanol–water partition coefficient (Wildman–Crippen LogP) is 3.17. The number of aliphatic hydroxyl groups is 1. The van der Waals surface area contributed by atoms with Crippen LogP contribution in [0.2, 0.25) is 0 Å². The lowest BCUT2D eigenvalue weighted by Crippen LogP contribution is -2.45. The van der Waals surface area contributed by atoms with Gasteiger partial charge in [-0.3, -0.25) is 4.79 Å². The summed E-state index contributed by atoms with van der Waals surface area (Å²) in [5.74, 6) is 1.31. The fourth-order valence-electron chi connectivity index (χ4n) is 4.38. The summed E-state index contributed by atoms with van der Waals surface area (Å²) in [5.41, 5.74) is 2.46. The molecule has 0 spiro atoms. The van der Waals surface area contributed by atoms with E-state index in [1.807, 2.05) is 6.07 Å². The number of rotatable bonds is 5. The van der Waals surface area contributed by atoms with Gasteiger partial charge in [0.2, 0.25) is 5.91 Å². The Hall–Kier alpha value is -1.55. The largest absolute Gasteiger partial charge is 0.497 e. The average Bonchev–Trinajstić information content (AvgIpc) is 2.95. The van der Waals surface area contributed by atoms with Crippen molar-refractivity contribution < 1.29 is 14.6 Å². The normalized spacial score (nSPS) is 29.1. The Labute approximate surface area is 144 Å². The lowest BCUT2D eigenvalue weighted by Gasteiger charge is -2.31. The first-order chi connectivity index (χ1) is 11.6. The van der Waals surface area contributed by atoms with Crippen molar-refractivity contribution in [2.45, 2.75) is 63.8 Å². The second-order valence-corrected chi connectivity index (χ2v) is 7.68. The third-order valence-electron chi connectivity index (χ3n) is 6.00. The van der Waals surface area contributed by atoms with Crippen LogP contribution in [0, 0.1) is 5.41 Å². The molecule has 132 valence electrons. The second kappa shape index (κ2) is 7.14. The summed E-state index contributed by atoms with van der Waals surface area (Å²) < 4.78 is 5.32. The molecule has 0 radical (unpaired) electrons. The number of benzene rings is 1. The molecular weight excluding hydrogens is 302 g/mol. The van der Waals surface area contributed by atoms with E-state index >= 15 is 0 Å². The molecule has 3 rings (SSSR count). The zero-order valence-corrected chi connectivity index (χ0v) is 14.8. The smallest absolute Gasteiger partial charge is 0.220 e. The monoisotopic (exact) mass is 331 g/mol. The number of aliphatic hydroxyl groups excluding tert-OH is 1. The zero-order valence-electron chi connectivity index (χ0n) is 14.8. The van der Waals surface area contributed by atoms with Gasteiger partial charge in [0, 0.05) is 17.9 Å². The number of ether oxygens (including phenoxy) is 1. The Balaban J connectivity index is 1.66.